The molecule has 24 heavy (non-hydrogen) atoms. The minimum atomic E-state index is -4.71. The summed E-state index contributed by atoms with van der Waals surface area (Å²) in [7, 11) is -4.71. The highest BCUT2D eigenvalue weighted by atomic mass is 32.1. The van der Waals surface area contributed by atoms with Crippen molar-refractivity contribution in [2.75, 3.05) is 29.5 Å². The second-order valence-electron chi connectivity index (χ2n) is 4.83. The Hall–Kier alpha value is -1.21. The first kappa shape index (κ1) is 19.1. The molecule has 11 nitrogen and oxygen atoms in total. The van der Waals surface area contributed by atoms with Gasteiger partial charge in [0.05, 0.1) is 12.6 Å². The van der Waals surface area contributed by atoms with Gasteiger partial charge in [-0.3, -0.25) is 14.3 Å². The van der Waals surface area contributed by atoms with Crippen LogP contribution in [0.1, 0.15) is 0 Å². The Morgan fingerprint density at radius 1 is 1.50 bits per heavy atom. The number of H-pyrrole nitrogens is 1. The predicted molar refractivity (Wildman–Crippen MR) is 94.2 cm³/mol. The van der Waals surface area contributed by atoms with Gasteiger partial charge in [0.15, 0.2) is 5.82 Å². The summed E-state index contributed by atoms with van der Waals surface area (Å²) >= 11 is 8.36. The van der Waals surface area contributed by atoms with Gasteiger partial charge in [0.1, 0.15) is 11.8 Å². The molecular weight excluding hydrogens is 381 g/mol. The van der Waals surface area contributed by atoms with Crippen molar-refractivity contribution in [3.8, 4) is 0 Å². The molecule has 0 saturated heterocycles. The minimum absolute atomic E-state index is 0.0342. The first-order valence-electron chi connectivity index (χ1n) is 6.49. The standard InChI is InChI=1S/C10H16N5O6PS2/c11-10-14-8-5(9(17)15-10)13-3(1-12-8)6(23)7(24)4(16)2-21-22(18,19)20/h3-4,13,16,23-24H,1-2H2,(H2,18,19,20)(H4,11,12,14,15,17)/b7-6-. The normalized spacial score (nSPS) is 19.6. The van der Waals surface area contributed by atoms with Crippen molar-refractivity contribution in [2.45, 2.75) is 12.1 Å². The highest BCUT2D eigenvalue weighted by Gasteiger charge is 2.26. The second-order valence-corrected chi connectivity index (χ2v) is 7.03. The number of aromatic amines is 1. The number of nitrogens with one attached hydrogen (secondary N) is 3. The summed E-state index contributed by atoms with van der Waals surface area (Å²) in [5.41, 5.74) is 5.11. The van der Waals surface area contributed by atoms with E-state index < -0.39 is 32.1 Å². The molecule has 0 aromatic carbocycles. The molecule has 8 N–H and O–H groups in total. The third-order valence-corrected chi connectivity index (χ3v) is 4.79. The summed E-state index contributed by atoms with van der Waals surface area (Å²) in [4.78, 5) is 35.7. The van der Waals surface area contributed by atoms with E-state index in [9.17, 15) is 14.5 Å². The monoisotopic (exact) mass is 397 g/mol. The smallest absolute Gasteiger partial charge is 0.385 e. The number of anilines is 3. The molecule has 0 radical (unpaired) electrons. The third kappa shape index (κ3) is 4.66. The van der Waals surface area contributed by atoms with Crippen LogP contribution in [0.5, 0.6) is 0 Å². The molecular formula is C10H16N5O6PS2. The van der Waals surface area contributed by atoms with Crippen molar-refractivity contribution >= 4 is 50.5 Å². The summed E-state index contributed by atoms with van der Waals surface area (Å²) < 4.78 is 14.9. The van der Waals surface area contributed by atoms with Gasteiger partial charge in [-0.15, -0.1) is 25.3 Å². The van der Waals surface area contributed by atoms with Crippen LogP contribution in [0.3, 0.4) is 0 Å². The van der Waals surface area contributed by atoms with Crippen LogP contribution in [0.25, 0.3) is 0 Å². The number of phosphoric ester groups is 1. The van der Waals surface area contributed by atoms with E-state index in [4.69, 9.17) is 15.5 Å². The van der Waals surface area contributed by atoms with Gasteiger partial charge in [0.25, 0.3) is 5.56 Å². The van der Waals surface area contributed by atoms with Gasteiger partial charge in [-0.2, -0.15) is 4.98 Å². The Bertz CT molecular complexity index is 765. The summed E-state index contributed by atoms with van der Waals surface area (Å²) in [6.07, 6.45) is -1.40. The van der Waals surface area contributed by atoms with E-state index in [0.29, 0.717) is 0 Å². The van der Waals surface area contributed by atoms with E-state index in [1.54, 1.807) is 0 Å². The summed E-state index contributed by atoms with van der Waals surface area (Å²) in [5, 5.41) is 15.7. The van der Waals surface area contributed by atoms with Crippen molar-refractivity contribution in [2.24, 2.45) is 0 Å². The lowest BCUT2D eigenvalue weighted by atomic mass is 10.1. The van der Waals surface area contributed by atoms with Crippen LogP contribution in [0.4, 0.5) is 17.5 Å². The van der Waals surface area contributed by atoms with Gasteiger partial charge in [-0.1, -0.05) is 0 Å². The van der Waals surface area contributed by atoms with Crippen LogP contribution in [0.15, 0.2) is 14.6 Å². The Morgan fingerprint density at radius 2 is 2.17 bits per heavy atom. The highest BCUT2D eigenvalue weighted by Crippen LogP contribution is 2.36. The molecule has 1 aliphatic rings. The van der Waals surface area contributed by atoms with E-state index in [1.807, 2.05) is 0 Å². The van der Waals surface area contributed by atoms with Gasteiger partial charge < -0.3 is 31.3 Å². The molecule has 134 valence electrons. The third-order valence-electron chi connectivity index (χ3n) is 3.04. The zero-order valence-electron chi connectivity index (χ0n) is 12.0. The van der Waals surface area contributed by atoms with Crippen molar-refractivity contribution in [1.82, 2.24) is 9.97 Å². The summed E-state index contributed by atoms with van der Waals surface area (Å²) in [5.74, 6) is 0.243. The molecule has 2 unspecified atom stereocenters. The number of nitrogens with two attached hydrogens (primary N) is 1. The molecule has 0 spiro atoms. The van der Waals surface area contributed by atoms with Crippen LogP contribution < -0.4 is 21.9 Å². The molecule has 1 aromatic heterocycles. The number of aliphatic hydroxyl groups excluding tert-OH is 1. The zero-order chi connectivity index (χ0) is 18.1. The molecule has 0 amide bonds. The number of nitrogens with zero attached hydrogens (tertiary/aromatic N) is 1. The van der Waals surface area contributed by atoms with E-state index in [2.05, 4.69) is 50.4 Å². The number of hydrogen-bond donors (Lipinski definition) is 9. The molecule has 1 aliphatic heterocycles. The highest BCUT2D eigenvalue weighted by molar-refractivity contribution is 7.88. The molecule has 2 atom stereocenters. The predicted octanol–water partition coefficient (Wildman–Crippen LogP) is -0.901. The molecule has 0 fully saturated rings. The van der Waals surface area contributed by atoms with Crippen molar-refractivity contribution in [1.29, 1.82) is 0 Å². The van der Waals surface area contributed by atoms with Crippen LogP contribution >= 0.6 is 33.1 Å². The maximum Gasteiger partial charge on any atom is 0.469 e. The average Bonchev–Trinajstić information content (AvgIpc) is 2.50. The van der Waals surface area contributed by atoms with Gasteiger partial charge in [-0.05, 0) is 0 Å². The van der Waals surface area contributed by atoms with Gasteiger partial charge in [0.2, 0.25) is 5.95 Å². The number of nitrogen functional groups attached to an aromatic ring is 1. The Morgan fingerprint density at radius 3 is 2.79 bits per heavy atom. The molecule has 2 rings (SSSR count). The first-order valence-corrected chi connectivity index (χ1v) is 8.91. The van der Waals surface area contributed by atoms with Crippen LogP contribution in [-0.4, -0.2) is 50.2 Å². The maximum absolute atomic E-state index is 11.9. The van der Waals surface area contributed by atoms with E-state index in [0.717, 1.165) is 0 Å². The number of hydrogen-bond acceptors (Lipinski definition) is 10. The average molecular weight is 397 g/mol. The lowest BCUT2D eigenvalue weighted by Crippen LogP contribution is -2.38. The Labute approximate surface area is 146 Å². The number of aliphatic hydroxyl groups is 1. The van der Waals surface area contributed by atoms with E-state index >= 15 is 0 Å². The SMILES string of the molecule is Nc1nc2c(c(=O)[nH]1)NC(/C(S)=C(/S)C(O)COP(=O)(O)O)CN2. The lowest BCUT2D eigenvalue weighted by Gasteiger charge is -2.28. The van der Waals surface area contributed by atoms with Crippen LogP contribution in [0, 0.1) is 0 Å². The largest absolute Gasteiger partial charge is 0.469 e. The Kier molecular flexibility index (Phi) is 5.86. The van der Waals surface area contributed by atoms with E-state index in [-0.39, 0.29) is 33.8 Å². The first-order chi connectivity index (χ1) is 11.1. The van der Waals surface area contributed by atoms with Crippen molar-refractivity contribution < 1.29 is 24.0 Å². The van der Waals surface area contributed by atoms with Gasteiger partial charge in [-0.25, -0.2) is 4.57 Å². The topological polar surface area (TPSA) is 183 Å². The number of rotatable bonds is 5. The van der Waals surface area contributed by atoms with Crippen LogP contribution in [-0.2, 0) is 9.09 Å². The zero-order valence-corrected chi connectivity index (χ0v) is 14.7. The molecule has 1 aromatic rings. The number of phosphoric acid groups is 1. The fourth-order valence-electron chi connectivity index (χ4n) is 1.94. The van der Waals surface area contributed by atoms with Crippen LogP contribution in [0.2, 0.25) is 0 Å². The second kappa shape index (κ2) is 7.35. The fraction of sp³-hybridized carbons (Fsp3) is 0.400. The quantitative estimate of drug-likeness (QED) is 0.223. The van der Waals surface area contributed by atoms with Crippen molar-refractivity contribution in [3.63, 3.8) is 0 Å². The summed E-state index contributed by atoms with van der Waals surface area (Å²) in [6, 6.07) is -0.537. The van der Waals surface area contributed by atoms with Crippen molar-refractivity contribution in [3.05, 3.63) is 20.2 Å². The summed E-state index contributed by atoms with van der Waals surface area (Å²) in [6.45, 7) is -0.402. The van der Waals surface area contributed by atoms with E-state index in [1.165, 1.54) is 0 Å². The number of thiol groups is 2. The lowest BCUT2D eigenvalue weighted by molar-refractivity contribution is 0.111. The molecule has 2 heterocycles. The van der Waals surface area contributed by atoms with Gasteiger partial charge in [0, 0.05) is 16.4 Å². The Balaban J connectivity index is 2.16. The molecule has 0 aliphatic carbocycles. The number of fused-ring (bicyclic) bond motifs is 1. The molecule has 14 heteroatoms. The van der Waals surface area contributed by atoms with Gasteiger partial charge >= 0.3 is 7.82 Å². The maximum atomic E-state index is 11.9. The number of aromatic nitrogens is 2. The molecule has 0 bridgehead atoms. The minimum Gasteiger partial charge on any atom is -0.385 e. The fourth-order valence-corrected chi connectivity index (χ4v) is 2.81. The molecule has 0 saturated carbocycles.